The summed E-state index contributed by atoms with van der Waals surface area (Å²) in [6.07, 6.45) is 0. The number of hydrogen-bond acceptors (Lipinski definition) is 2. The molecule has 0 aliphatic rings. The quantitative estimate of drug-likeness (QED) is 0.875. The van der Waals surface area contributed by atoms with Gasteiger partial charge in [0.1, 0.15) is 18.2 Å². The van der Waals surface area contributed by atoms with Crippen molar-refractivity contribution >= 4 is 0 Å². The summed E-state index contributed by atoms with van der Waals surface area (Å²) >= 11 is 0. The van der Waals surface area contributed by atoms with Crippen molar-refractivity contribution in [3.05, 3.63) is 65.0 Å². The molecule has 1 atom stereocenters. The van der Waals surface area contributed by atoms with Crippen LogP contribution in [-0.2, 0) is 6.61 Å². The van der Waals surface area contributed by atoms with E-state index in [4.69, 9.17) is 10.5 Å². The van der Waals surface area contributed by atoms with Crippen LogP contribution in [0.5, 0.6) is 5.75 Å². The molecule has 21 heavy (non-hydrogen) atoms. The molecule has 0 amide bonds. The van der Waals surface area contributed by atoms with Crippen molar-refractivity contribution in [2.75, 3.05) is 0 Å². The molecule has 0 radical (unpaired) electrons. The highest BCUT2D eigenvalue weighted by atomic mass is 19.1. The van der Waals surface area contributed by atoms with Gasteiger partial charge in [-0.25, -0.2) is 4.39 Å². The maximum Gasteiger partial charge on any atom is 0.127 e. The zero-order valence-corrected chi connectivity index (χ0v) is 12.8. The van der Waals surface area contributed by atoms with Gasteiger partial charge in [0, 0.05) is 17.7 Å². The molecule has 0 bridgehead atoms. The third-order valence-electron chi connectivity index (χ3n) is 3.51. The van der Waals surface area contributed by atoms with E-state index in [2.05, 4.69) is 26.0 Å². The molecule has 0 saturated heterocycles. The molecule has 0 unspecified atom stereocenters. The Balaban J connectivity index is 2.10. The highest BCUT2D eigenvalue weighted by Gasteiger charge is 2.10. The molecule has 3 heteroatoms. The Hall–Kier alpha value is -1.87. The average Bonchev–Trinajstić information content (AvgIpc) is 2.45. The van der Waals surface area contributed by atoms with Crippen molar-refractivity contribution < 1.29 is 9.13 Å². The van der Waals surface area contributed by atoms with E-state index in [9.17, 15) is 4.39 Å². The fourth-order valence-corrected chi connectivity index (χ4v) is 2.17. The fourth-order valence-electron chi connectivity index (χ4n) is 2.17. The van der Waals surface area contributed by atoms with Gasteiger partial charge in [-0.3, -0.25) is 0 Å². The van der Waals surface area contributed by atoms with Crippen LogP contribution in [0.25, 0.3) is 0 Å². The van der Waals surface area contributed by atoms with Gasteiger partial charge in [-0.1, -0.05) is 44.2 Å². The fraction of sp³-hybridized carbons (Fsp3) is 0.333. The van der Waals surface area contributed by atoms with Gasteiger partial charge in [-0.2, -0.15) is 0 Å². The van der Waals surface area contributed by atoms with Crippen LogP contribution < -0.4 is 10.5 Å². The number of halogens is 1. The lowest BCUT2D eigenvalue weighted by Gasteiger charge is -2.14. The molecule has 0 spiro atoms. The molecule has 2 rings (SSSR count). The first-order chi connectivity index (χ1) is 9.97. The topological polar surface area (TPSA) is 35.2 Å². The van der Waals surface area contributed by atoms with Gasteiger partial charge in [0.05, 0.1) is 0 Å². The minimum absolute atomic E-state index is 0.191. The minimum Gasteiger partial charge on any atom is -0.488 e. The average molecular weight is 287 g/mol. The third kappa shape index (κ3) is 4.05. The van der Waals surface area contributed by atoms with Gasteiger partial charge in [0.25, 0.3) is 0 Å². The van der Waals surface area contributed by atoms with Gasteiger partial charge >= 0.3 is 0 Å². The first kappa shape index (κ1) is 15.5. The number of benzene rings is 2. The molecule has 112 valence electrons. The highest BCUT2D eigenvalue weighted by Crippen LogP contribution is 2.26. The summed E-state index contributed by atoms with van der Waals surface area (Å²) in [5.74, 6) is 0.704. The zero-order chi connectivity index (χ0) is 15.4. The Morgan fingerprint density at radius 1 is 1.05 bits per heavy atom. The molecule has 0 aromatic heterocycles. The maximum absolute atomic E-state index is 13.4. The summed E-state index contributed by atoms with van der Waals surface area (Å²) in [6, 6.07) is 12.6. The molecular formula is C18H22FNO. The normalized spacial score (nSPS) is 12.5. The highest BCUT2D eigenvalue weighted by molar-refractivity contribution is 5.36. The van der Waals surface area contributed by atoms with Crippen LogP contribution in [0.15, 0.2) is 42.5 Å². The van der Waals surface area contributed by atoms with Crippen LogP contribution in [0.4, 0.5) is 4.39 Å². The molecule has 0 saturated carbocycles. The standard InChI is InChI=1S/C18H22FNO/c1-12(2)15-6-4-14(5-7-15)11-21-18-10-16(19)8-9-17(18)13(3)20/h4-10,12-13H,11,20H2,1-3H3/t13-/m1/s1. The number of ether oxygens (including phenoxy) is 1. The molecule has 0 aliphatic carbocycles. The van der Waals surface area contributed by atoms with Crippen molar-refractivity contribution in [2.24, 2.45) is 5.73 Å². The second-order valence-electron chi connectivity index (χ2n) is 5.66. The summed E-state index contributed by atoms with van der Waals surface area (Å²) in [7, 11) is 0. The van der Waals surface area contributed by atoms with Crippen LogP contribution in [0.2, 0.25) is 0 Å². The SMILES string of the molecule is CC(C)c1ccc(COc2cc(F)ccc2[C@@H](C)N)cc1. The summed E-state index contributed by atoms with van der Waals surface area (Å²) in [4.78, 5) is 0. The minimum atomic E-state index is -0.315. The van der Waals surface area contributed by atoms with E-state index in [-0.39, 0.29) is 11.9 Å². The van der Waals surface area contributed by atoms with E-state index in [0.29, 0.717) is 18.3 Å². The van der Waals surface area contributed by atoms with Gasteiger partial charge in [-0.15, -0.1) is 0 Å². The van der Waals surface area contributed by atoms with Crippen molar-refractivity contribution in [3.8, 4) is 5.75 Å². The Bertz CT molecular complexity index is 591. The van der Waals surface area contributed by atoms with Gasteiger partial charge in [0.15, 0.2) is 0 Å². The van der Waals surface area contributed by atoms with E-state index in [1.54, 1.807) is 6.07 Å². The van der Waals surface area contributed by atoms with E-state index in [0.717, 1.165) is 11.1 Å². The summed E-state index contributed by atoms with van der Waals surface area (Å²) < 4.78 is 19.1. The monoisotopic (exact) mass is 287 g/mol. The summed E-state index contributed by atoms with van der Waals surface area (Å²) in [5, 5.41) is 0. The van der Waals surface area contributed by atoms with E-state index in [1.165, 1.54) is 17.7 Å². The lowest BCUT2D eigenvalue weighted by Crippen LogP contribution is -2.08. The predicted molar refractivity (Wildman–Crippen MR) is 83.9 cm³/mol. The first-order valence-corrected chi connectivity index (χ1v) is 7.24. The van der Waals surface area contributed by atoms with Crippen molar-refractivity contribution in [1.29, 1.82) is 0 Å². The van der Waals surface area contributed by atoms with Crippen LogP contribution in [-0.4, -0.2) is 0 Å². The summed E-state index contributed by atoms with van der Waals surface area (Å²) in [5.41, 5.74) is 9.05. The van der Waals surface area contributed by atoms with E-state index in [1.807, 2.05) is 19.1 Å². The lowest BCUT2D eigenvalue weighted by atomic mass is 10.0. The Labute approximate surface area is 125 Å². The zero-order valence-electron chi connectivity index (χ0n) is 12.8. The molecule has 2 N–H and O–H groups in total. The molecule has 0 fully saturated rings. The molecule has 0 aliphatic heterocycles. The van der Waals surface area contributed by atoms with Crippen LogP contribution in [0.3, 0.4) is 0 Å². The van der Waals surface area contributed by atoms with E-state index >= 15 is 0 Å². The van der Waals surface area contributed by atoms with Crippen molar-refractivity contribution in [1.82, 2.24) is 0 Å². The van der Waals surface area contributed by atoms with Crippen molar-refractivity contribution in [2.45, 2.75) is 39.3 Å². The first-order valence-electron chi connectivity index (χ1n) is 7.24. The number of hydrogen-bond donors (Lipinski definition) is 1. The smallest absolute Gasteiger partial charge is 0.127 e. The Kier molecular flexibility index (Phi) is 4.97. The lowest BCUT2D eigenvalue weighted by molar-refractivity contribution is 0.300. The van der Waals surface area contributed by atoms with Crippen LogP contribution >= 0.6 is 0 Å². The third-order valence-corrected chi connectivity index (χ3v) is 3.51. The Morgan fingerprint density at radius 3 is 2.29 bits per heavy atom. The molecular weight excluding hydrogens is 265 g/mol. The summed E-state index contributed by atoms with van der Waals surface area (Å²) in [6.45, 7) is 6.58. The predicted octanol–water partition coefficient (Wildman–Crippen LogP) is 4.55. The van der Waals surface area contributed by atoms with Crippen molar-refractivity contribution in [3.63, 3.8) is 0 Å². The van der Waals surface area contributed by atoms with Gasteiger partial charge < -0.3 is 10.5 Å². The van der Waals surface area contributed by atoms with Crippen LogP contribution in [0.1, 0.15) is 49.4 Å². The molecule has 2 nitrogen and oxygen atoms in total. The second kappa shape index (κ2) is 6.72. The molecule has 2 aromatic rings. The Morgan fingerprint density at radius 2 is 1.71 bits per heavy atom. The molecule has 0 heterocycles. The van der Waals surface area contributed by atoms with E-state index < -0.39 is 0 Å². The second-order valence-corrected chi connectivity index (χ2v) is 5.66. The van der Waals surface area contributed by atoms with Gasteiger partial charge in [0.2, 0.25) is 0 Å². The van der Waals surface area contributed by atoms with Crippen LogP contribution in [0, 0.1) is 5.82 Å². The number of rotatable bonds is 5. The largest absolute Gasteiger partial charge is 0.488 e. The maximum atomic E-state index is 13.4. The van der Waals surface area contributed by atoms with Gasteiger partial charge in [-0.05, 0) is 30.0 Å². The number of nitrogens with two attached hydrogens (primary N) is 1. The molecule has 2 aromatic carbocycles.